The predicted molar refractivity (Wildman–Crippen MR) is 154 cm³/mol. The number of nitrogens with one attached hydrogen (secondary N) is 1. The van der Waals surface area contributed by atoms with Crippen LogP contribution in [0.15, 0.2) is 66.7 Å². The highest BCUT2D eigenvalue weighted by atomic mass is 16.7. The van der Waals surface area contributed by atoms with Gasteiger partial charge in [-0.3, -0.25) is 0 Å². The molecule has 220 valence electrons. The Morgan fingerprint density at radius 3 is 2.43 bits per heavy atom. The van der Waals surface area contributed by atoms with E-state index in [1.807, 2.05) is 42.2 Å². The molecule has 1 fully saturated rings. The Morgan fingerprint density at radius 2 is 1.76 bits per heavy atom. The molecule has 0 unspecified atom stereocenters. The summed E-state index contributed by atoms with van der Waals surface area (Å²) in [6, 6.07) is 16.3. The summed E-state index contributed by atoms with van der Waals surface area (Å²) in [7, 11) is 0. The fraction of sp³-hybridized carbons (Fsp3) is 0.333. The van der Waals surface area contributed by atoms with Gasteiger partial charge in [0.1, 0.15) is 6.26 Å². The van der Waals surface area contributed by atoms with Gasteiger partial charge in [-0.1, -0.05) is 30.3 Å². The number of morpholine rings is 1. The molecule has 12 heteroatoms. The van der Waals surface area contributed by atoms with E-state index in [-0.39, 0.29) is 36.8 Å². The zero-order valence-electron chi connectivity index (χ0n) is 23.6. The molecule has 0 saturated carbocycles. The van der Waals surface area contributed by atoms with Crippen LogP contribution in [0.3, 0.4) is 0 Å². The molecule has 1 N–H and O–H groups in total. The zero-order chi connectivity index (χ0) is 29.3. The first-order chi connectivity index (χ1) is 20.6. The molecule has 3 heterocycles. The number of urea groups is 1. The number of nitrogens with zero attached hydrogens (tertiary/aromatic N) is 4. The van der Waals surface area contributed by atoms with E-state index in [0.29, 0.717) is 62.3 Å². The second kappa shape index (κ2) is 13.7. The first kappa shape index (κ1) is 28.7. The molecule has 12 nitrogen and oxygen atoms in total. The minimum absolute atomic E-state index is 0.0108. The molecule has 2 amide bonds. The Hall–Kier alpha value is -4.84. The standard InChI is InChI=1S/C30H33N5O7/c1-3-40-26-25(29(36)41-4-2)32-27(33-28(26)34-14-16-38-17-15-34)22-10-12-23(13-11-22)35(24-19-39-20-42-24)30(37)31-18-21-8-6-5-7-9-21/h5-13,19H,3-4,14-18,20H2,1-2H3,(H,31,37). The lowest BCUT2D eigenvalue weighted by molar-refractivity contribution is 0.0514. The molecule has 5 rings (SSSR count). The van der Waals surface area contributed by atoms with Crippen LogP contribution in [0.4, 0.5) is 16.3 Å². The quantitative estimate of drug-likeness (QED) is 0.354. The number of anilines is 2. The fourth-order valence-corrected chi connectivity index (χ4v) is 4.48. The van der Waals surface area contributed by atoms with Crippen LogP contribution >= 0.6 is 0 Å². The molecule has 0 bridgehead atoms. The summed E-state index contributed by atoms with van der Waals surface area (Å²) >= 11 is 0. The molecule has 3 aromatic rings. The van der Waals surface area contributed by atoms with Crippen LogP contribution in [-0.2, 0) is 25.5 Å². The number of carbonyl (C=O) groups is 2. The van der Waals surface area contributed by atoms with Gasteiger partial charge in [-0.25, -0.2) is 24.5 Å². The molecule has 0 radical (unpaired) electrons. The highest BCUT2D eigenvalue weighted by Gasteiger charge is 2.28. The summed E-state index contributed by atoms with van der Waals surface area (Å²) in [5.41, 5.74) is 2.17. The zero-order valence-corrected chi connectivity index (χ0v) is 23.6. The van der Waals surface area contributed by atoms with Gasteiger partial charge in [-0.05, 0) is 43.7 Å². The lowest BCUT2D eigenvalue weighted by Gasteiger charge is -2.29. The number of hydrogen-bond acceptors (Lipinski definition) is 10. The molecular weight excluding hydrogens is 542 g/mol. The molecule has 0 atom stereocenters. The van der Waals surface area contributed by atoms with Crippen molar-refractivity contribution in [3.8, 4) is 17.1 Å². The summed E-state index contributed by atoms with van der Waals surface area (Å²) in [6.07, 6.45) is 1.39. The van der Waals surface area contributed by atoms with Crippen LogP contribution in [-0.4, -0.2) is 68.3 Å². The Balaban J connectivity index is 1.47. The van der Waals surface area contributed by atoms with E-state index in [1.165, 1.54) is 11.2 Å². The van der Waals surface area contributed by atoms with Crippen molar-refractivity contribution >= 4 is 23.5 Å². The predicted octanol–water partition coefficient (Wildman–Crippen LogP) is 4.08. The largest absolute Gasteiger partial charge is 0.488 e. The third-order valence-corrected chi connectivity index (χ3v) is 6.47. The van der Waals surface area contributed by atoms with E-state index in [9.17, 15) is 9.59 Å². The maximum Gasteiger partial charge on any atom is 0.361 e. The average molecular weight is 576 g/mol. The van der Waals surface area contributed by atoms with Crippen LogP contribution < -0.4 is 19.9 Å². The minimum Gasteiger partial charge on any atom is -0.488 e. The number of esters is 1. The average Bonchev–Trinajstić information content (AvgIpc) is 3.56. The first-order valence-corrected chi connectivity index (χ1v) is 13.8. The number of hydrogen-bond donors (Lipinski definition) is 1. The number of amides is 2. The molecule has 2 aliphatic heterocycles. The minimum atomic E-state index is -0.595. The Labute approximate surface area is 243 Å². The second-order valence-electron chi connectivity index (χ2n) is 9.21. The van der Waals surface area contributed by atoms with Gasteiger partial charge in [0.25, 0.3) is 0 Å². The van der Waals surface area contributed by atoms with Gasteiger partial charge >= 0.3 is 12.0 Å². The van der Waals surface area contributed by atoms with Gasteiger partial charge in [0, 0.05) is 25.2 Å². The first-order valence-electron chi connectivity index (χ1n) is 13.8. The summed E-state index contributed by atoms with van der Waals surface area (Å²) in [5.74, 6) is 0.757. The van der Waals surface area contributed by atoms with Crippen LogP contribution in [0.5, 0.6) is 5.75 Å². The van der Waals surface area contributed by atoms with E-state index < -0.39 is 5.97 Å². The number of ether oxygens (including phenoxy) is 5. The Bertz CT molecular complexity index is 1410. The normalized spacial score (nSPS) is 14.3. The Morgan fingerprint density at radius 1 is 1.00 bits per heavy atom. The summed E-state index contributed by atoms with van der Waals surface area (Å²) in [6.45, 7) is 6.65. The van der Waals surface area contributed by atoms with Crippen molar-refractivity contribution in [3.63, 3.8) is 0 Å². The lowest BCUT2D eigenvalue weighted by atomic mass is 10.1. The van der Waals surface area contributed by atoms with Crippen molar-refractivity contribution in [2.75, 3.05) is 56.1 Å². The molecule has 1 saturated heterocycles. The summed E-state index contributed by atoms with van der Waals surface area (Å²) in [5, 5.41) is 2.92. The van der Waals surface area contributed by atoms with Crippen molar-refractivity contribution in [3.05, 3.63) is 78.0 Å². The van der Waals surface area contributed by atoms with Crippen molar-refractivity contribution in [1.82, 2.24) is 15.3 Å². The van der Waals surface area contributed by atoms with Crippen LogP contribution in [0.2, 0.25) is 0 Å². The molecular formula is C30H33N5O7. The smallest absolute Gasteiger partial charge is 0.361 e. The molecule has 0 spiro atoms. The van der Waals surface area contributed by atoms with Crippen LogP contribution in [0.1, 0.15) is 29.9 Å². The number of benzene rings is 2. The number of aromatic nitrogens is 2. The van der Waals surface area contributed by atoms with Crippen molar-refractivity contribution < 1.29 is 33.3 Å². The van der Waals surface area contributed by atoms with Gasteiger partial charge in [0.2, 0.25) is 12.7 Å². The maximum absolute atomic E-state index is 13.3. The molecule has 2 aliphatic rings. The highest BCUT2D eigenvalue weighted by Crippen LogP contribution is 2.34. The maximum atomic E-state index is 13.3. The van der Waals surface area contributed by atoms with E-state index in [1.54, 1.807) is 31.2 Å². The van der Waals surface area contributed by atoms with Gasteiger partial charge < -0.3 is 33.9 Å². The van der Waals surface area contributed by atoms with Gasteiger partial charge in [0.15, 0.2) is 23.1 Å². The van der Waals surface area contributed by atoms with Gasteiger partial charge in [-0.2, -0.15) is 0 Å². The van der Waals surface area contributed by atoms with Crippen molar-refractivity contribution in [1.29, 1.82) is 0 Å². The topological polar surface area (TPSA) is 125 Å². The van der Waals surface area contributed by atoms with E-state index >= 15 is 0 Å². The van der Waals surface area contributed by atoms with Gasteiger partial charge in [-0.15, -0.1) is 0 Å². The fourth-order valence-electron chi connectivity index (χ4n) is 4.48. The van der Waals surface area contributed by atoms with E-state index in [4.69, 9.17) is 28.7 Å². The third kappa shape index (κ3) is 6.55. The third-order valence-electron chi connectivity index (χ3n) is 6.47. The monoisotopic (exact) mass is 575 g/mol. The van der Waals surface area contributed by atoms with Crippen molar-refractivity contribution in [2.24, 2.45) is 0 Å². The van der Waals surface area contributed by atoms with Crippen LogP contribution in [0, 0.1) is 0 Å². The van der Waals surface area contributed by atoms with Crippen molar-refractivity contribution in [2.45, 2.75) is 20.4 Å². The Kier molecular flexibility index (Phi) is 9.34. The molecule has 42 heavy (non-hydrogen) atoms. The van der Waals surface area contributed by atoms with Crippen LogP contribution in [0.25, 0.3) is 11.4 Å². The lowest BCUT2D eigenvalue weighted by Crippen LogP contribution is -2.39. The van der Waals surface area contributed by atoms with Gasteiger partial charge in [0.05, 0.1) is 32.1 Å². The molecule has 1 aromatic heterocycles. The summed E-state index contributed by atoms with van der Waals surface area (Å²) < 4.78 is 27.5. The highest BCUT2D eigenvalue weighted by molar-refractivity contribution is 5.95. The molecule has 0 aliphatic carbocycles. The number of carbonyl (C=O) groups excluding carboxylic acids is 2. The van der Waals surface area contributed by atoms with E-state index in [0.717, 1.165) is 5.56 Å². The second-order valence-corrected chi connectivity index (χ2v) is 9.21. The van der Waals surface area contributed by atoms with E-state index in [2.05, 4.69) is 10.3 Å². The number of rotatable bonds is 10. The summed E-state index contributed by atoms with van der Waals surface area (Å²) in [4.78, 5) is 39.0. The molecule has 2 aromatic carbocycles. The SMILES string of the molecule is CCOC(=O)c1nc(-c2ccc(N(C(=O)NCc3ccccc3)C3=COCO3)cc2)nc(N2CCOCC2)c1OCC.